The average molecular weight is 391 g/mol. The topological polar surface area (TPSA) is 82.1 Å². The van der Waals surface area contributed by atoms with Crippen LogP contribution in [0.3, 0.4) is 0 Å². The number of rotatable bonds is 3. The van der Waals surface area contributed by atoms with E-state index in [1.165, 1.54) is 21.0 Å². The van der Waals surface area contributed by atoms with Gasteiger partial charge in [0, 0.05) is 49.6 Å². The van der Waals surface area contributed by atoms with Crippen LogP contribution in [0.1, 0.15) is 46.5 Å². The van der Waals surface area contributed by atoms with Gasteiger partial charge in [-0.15, -0.1) is 0 Å². The number of hydrogen-bond donors (Lipinski definition) is 0. The molecule has 28 heavy (non-hydrogen) atoms. The summed E-state index contributed by atoms with van der Waals surface area (Å²) in [5.41, 5.74) is -1.13. The van der Waals surface area contributed by atoms with Crippen molar-refractivity contribution in [3.63, 3.8) is 0 Å². The maximum atomic E-state index is 13.3. The molecule has 2 saturated heterocycles. The van der Waals surface area contributed by atoms with Crippen LogP contribution in [-0.2, 0) is 28.6 Å². The van der Waals surface area contributed by atoms with Crippen LogP contribution in [0, 0.1) is 28.6 Å². The zero-order valence-electron chi connectivity index (χ0n) is 17.0. The molecule has 2 aliphatic heterocycles. The van der Waals surface area contributed by atoms with Crippen LogP contribution in [0.15, 0.2) is 0 Å². The van der Waals surface area contributed by atoms with Gasteiger partial charge in [-0.05, 0) is 31.7 Å². The molecule has 0 bridgehead atoms. The normalized spacial score (nSPS) is 50.4. The fraction of sp³-hybridized carbons (Fsp3) is 0.857. The van der Waals surface area contributed by atoms with Crippen molar-refractivity contribution in [2.24, 2.45) is 28.6 Å². The summed E-state index contributed by atoms with van der Waals surface area (Å²) in [5, 5.41) is 0. The van der Waals surface area contributed by atoms with Gasteiger partial charge >= 0.3 is 17.9 Å². The number of nitrogens with zero attached hydrogens (tertiary/aromatic N) is 1. The number of hydrogen-bond acceptors (Lipinski definition) is 7. The summed E-state index contributed by atoms with van der Waals surface area (Å²) in [5.74, 6) is -0.334. The number of piperidine rings is 2. The minimum atomic E-state index is -0.734. The van der Waals surface area contributed by atoms with Crippen LogP contribution in [0.25, 0.3) is 0 Å². The molecular formula is C21H29NO6. The third-order valence-corrected chi connectivity index (χ3v) is 8.84. The number of fused-ring (bicyclic) bond motifs is 1. The molecule has 0 aromatic heterocycles. The van der Waals surface area contributed by atoms with Crippen molar-refractivity contribution < 1.29 is 28.6 Å². The Morgan fingerprint density at radius 2 is 1.71 bits per heavy atom. The van der Waals surface area contributed by atoms with Gasteiger partial charge in [0.05, 0.1) is 12.5 Å². The lowest BCUT2D eigenvalue weighted by molar-refractivity contribution is -0.254. The summed E-state index contributed by atoms with van der Waals surface area (Å²) in [7, 11) is 1.43. The molecule has 0 radical (unpaired) electrons. The largest absolute Gasteiger partial charge is 0.469 e. The first-order valence-corrected chi connectivity index (χ1v) is 10.4. The summed E-state index contributed by atoms with van der Waals surface area (Å²) in [4.78, 5) is 39.5. The van der Waals surface area contributed by atoms with Gasteiger partial charge in [-0.1, -0.05) is 6.92 Å². The Morgan fingerprint density at radius 3 is 2.32 bits per heavy atom. The van der Waals surface area contributed by atoms with Crippen molar-refractivity contribution in [2.45, 2.75) is 64.2 Å². The molecule has 0 aromatic carbocycles. The van der Waals surface area contributed by atoms with E-state index in [0.29, 0.717) is 18.9 Å². The van der Waals surface area contributed by atoms with Gasteiger partial charge in [0.25, 0.3) is 0 Å². The molecule has 5 fully saturated rings. The molecule has 0 N–H and O–H groups in total. The van der Waals surface area contributed by atoms with Crippen LogP contribution in [0.2, 0.25) is 0 Å². The highest BCUT2D eigenvalue weighted by molar-refractivity contribution is 5.86. The summed E-state index contributed by atoms with van der Waals surface area (Å²) < 4.78 is 16.9. The number of ether oxygens (including phenoxy) is 3. The molecular weight excluding hydrogens is 362 g/mol. The Morgan fingerprint density at radius 1 is 1.04 bits per heavy atom. The van der Waals surface area contributed by atoms with Crippen LogP contribution >= 0.6 is 0 Å². The van der Waals surface area contributed by atoms with Gasteiger partial charge in [0.2, 0.25) is 0 Å². The first kappa shape index (κ1) is 18.4. The van der Waals surface area contributed by atoms with Crippen molar-refractivity contribution >= 4 is 17.9 Å². The average Bonchev–Trinajstić information content (AvgIpc) is 3.28. The summed E-state index contributed by atoms with van der Waals surface area (Å²) in [6.07, 6.45) is 2.90. The Balaban J connectivity index is 1.68. The molecule has 3 aliphatic carbocycles. The third kappa shape index (κ3) is 1.70. The molecule has 5 aliphatic rings. The van der Waals surface area contributed by atoms with E-state index < -0.39 is 5.41 Å². The number of carbonyl (C=O) groups is 3. The SMILES string of the molecule is COC(=O)C12C[C@@H](OC(C)=O)[C@H]3CCCN4C[C@@H](OC(C)=O)C1[C@]21C(C)C[C@@]341. The van der Waals surface area contributed by atoms with Crippen molar-refractivity contribution in [3.8, 4) is 0 Å². The predicted octanol–water partition coefficient (Wildman–Crippen LogP) is 1.53. The Hall–Kier alpha value is -1.63. The maximum Gasteiger partial charge on any atom is 0.313 e. The van der Waals surface area contributed by atoms with Crippen molar-refractivity contribution in [1.29, 1.82) is 0 Å². The molecule has 2 spiro atoms. The van der Waals surface area contributed by atoms with Gasteiger partial charge in [-0.25, -0.2) is 0 Å². The van der Waals surface area contributed by atoms with E-state index in [9.17, 15) is 14.4 Å². The van der Waals surface area contributed by atoms with Crippen molar-refractivity contribution in [1.82, 2.24) is 4.90 Å². The lowest BCUT2D eigenvalue weighted by Crippen LogP contribution is -2.79. The number of carbonyl (C=O) groups excluding carboxylic acids is 3. The number of esters is 3. The molecule has 0 amide bonds. The number of methoxy groups -OCH3 is 1. The Bertz CT molecular complexity index is 768. The first-order chi connectivity index (χ1) is 13.3. The Kier molecular flexibility index (Phi) is 3.61. The summed E-state index contributed by atoms with van der Waals surface area (Å²) >= 11 is 0. The molecule has 7 heteroatoms. The van der Waals surface area contributed by atoms with E-state index in [4.69, 9.17) is 14.2 Å². The minimum absolute atomic E-state index is 0.0579. The van der Waals surface area contributed by atoms with Gasteiger partial charge in [-0.2, -0.15) is 0 Å². The quantitative estimate of drug-likeness (QED) is 0.533. The zero-order chi connectivity index (χ0) is 20.1. The molecule has 8 atom stereocenters. The fourth-order valence-electron chi connectivity index (χ4n) is 8.76. The van der Waals surface area contributed by atoms with Crippen LogP contribution in [0.5, 0.6) is 0 Å². The van der Waals surface area contributed by atoms with E-state index in [-0.39, 0.29) is 52.9 Å². The van der Waals surface area contributed by atoms with E-state index in [0.717, 1.165) is 25.8 Å². The molecule has 5 rings (SSSR count). The second-order valence-corrected chi connectivity index (χ2v) is 9.53. The highest BCUT2D eigenvalue weighted by atomic mass is 16.6. The highest BCUT2D eigenvalue weighted by Crippen LogP contribution is 2.92. The van der Waals surface area contributed by atoms with E-state index in [1.807, 2.05) is 0 Å². The van der Waals surface area contributed by atoms with Gasteiger partial charge in [0.15, 0.2) is 0 Å². The standard InChI is InChI=1S/C21H29NO6/c1-11-8-20-14-6-5-7-22(20)10-16(28-13(3)24)17-19(18(25)26-4,21(11,17)20)9-15(14)27-12(2)23/h11,14-17H,5-10H2,1-4H3/t11?,14-,15-,16-,17?,19?,20+,21-/m1/s1. The van der Waals surface area contributed by atoms with Crippen molar-refractivity contribution in [3.05, 3.63) is 0 Å². The highest BCUT2D eigenvalue weighted by Gasteiger charge is 2.99. The minimum Gasteiger partial charge on any atom is -0.469 e. The molecule has 2 heterocycles. The molecule has 3 unspecified atom stereocenters. The smallest absolute Gasteiger partial charge is 0.313 e. The molecule has 3 saturated carbocycles. The van der Waals surface area contributed by atoms with Gasteiger partial charge in [0.1, 0.15) is 12.2 Å². The predicted molar refractivity (Wildman–Crippen MR) is 96.9 cm³/mol. The van der Waals surface area contributed by atoms with Crippen LogP contribution in [-0.4, -0.2) is 60.8 Å². The van der Waals surface area contributed by atoms with E-state index >= 15 is 0 Å². The summed E-state index contributed by atoms with van der Waals surface area (Å²) in [6, 6.07) is 0. The second kappa shape index (κ2) is 5.49. The van der Waals surface area contributed by atoms with Crippen molar-refractivity contribution in [2.75, 3.05) is 20.2 Å². The van der Waals surface area contributed by atoms with Gasteiger partial charge < -0.3 is 14.2 Å². The molecule has 7 nitrogen and oxygen atoms in total. The first-order valence-electron chi connectivity index (χ1n) is 10.4. The third-order valence-electron chi connectivity index (χ3n) is 8.84. The fourth-order valence-corrected chi connectivity index (χ4v) is 8.76. The van der Waals surface area contributed by atoms with Gasteiger partial charge in [-0.3, -0.25) is 19.3 Å². The summed E-state index contributed by atoms with van der Waals surface area (Å²) in [6.45, 7) is 6.67. The zero-order valence-corrected chi connectivity index (χ0v) is 17.0. The molecule has 0 aromatic rings. The molecule has 154 valence electrons. The van der Waals surface area contributed by atoms with Crippen LogP contribution in [0.4, 0.5) is 0 Å². The van der Waals surface area contributed by atoms with E-state index in [1.54, 1.807) is 0 Å². The monoisotopic (exact) mass is 391 g/mol. The second-order valence-electron chi connectivity index (χ2n) is 9.53. The Labute approximate surface area is 165 Å². The van der Waals surface area contributed by atoms with E-state index in [2.05, 4.69) is 11.8 Å². The van der Waals surface area contributed by atoms with Crippen LogP contribution < -0.4 is 0 Å². The lowest BCUT2D eigenvalue weighted by Gasteiger charge is -2.72. The lowest BCUT2D eigenvalue weighted by atomic mass is 9.42. The maximum absolute atomic E-state index is 13.3.